The maximum Gasteiger partial charge on any atom is 0.255 e. The van der Waals surface area contributed by atoms with E-state index in [-0.39, 0.29) is 11.7 Å². The number of aryl methyl sites for hydroxylation is 1. The van der Waals surface area contributed by atoms with Crippen LogP contribution in [-0.4, -0.2) is 10.9 Å². The van der Waals surface area contributed by atoms with Crippen LogP contribution in [-0.2, 0) is 13.0 Å². The van der Waals surface area contributed by atoms with Gasteiger partial charge in [0.25, 0.3) is 5.91 Å². The molecule has 0 radical (unpaired) electrons. The van der Waals surface area contributed by atoms with Crippen LogP contribution in [0.25, 0.3) is 11.0 Å². The predicted octanol–water partition coefficient (Wildman–Crippen LogP) is 3.68. The van der Waals surface area contributed by atoms with E-state index in [4.69, 9.17) is 10.2 Å². The molecule has 5 nitrogen and oxygen atoms in total. The third kappa shape index (κ3) is 3.56. The second-order valence-corrected chi connectivity index (χ2v) is 5.81. The first kappa shape index (κ1) is 16.1. The van der Waals surface area contributed by atoms with Crippen LogP contribution < -0.4 is 11.1 Å². The number of unbranched alkanes of at least 4 members (excludes halogenated alkanes) is 1. The molecule has 0 atom stereocenters. The Balaban J connectivity index is 1.69. The van der Waals surface area contributed by atoms with Gasteiger partial charge in [-0.25, -0.2) is 4.98 Å². The molecule has 2 heterocycles. The normalized spacial score (nSPS) is 10.9. The second-order valence-electron chi connectivity index (χ2n) is 5.81. The summed E-state index contributed by atoms with van der Waals surface area (Å²) < 4.78 is 5.88. The van der Waals surface area contributed by atoms with E-state index in [1.807, 2.05) is 18.2 Å². The van der Waals surface area contributed by atoms with Gasteiger partial charge in [0, 0.05) is 24.5 Å². The number of carbonyl (C=O) groups excluding carboxylic acids is 1. The summed E-state index contributed by atoms with van der Waals surface area (Å²) in [5.74, 6) is 1.01. The number of anilines is 1. The fourth-order valence-corrected chi connectivity index (χ4v) is 2.60. The maximum absolute atomic E-state index is 12.2. The molecule has 1 amide bonds. The van der Waals surface area contributed by atoms with Crippen LogP contribution in [0.3, 0.4) is 0 Å². The van der Waals surface area contributed by atoms with E-state index in [0.29, 0.717) is 12.1 Å². The molecule has 0 unspecified atom stereocenters. The van der Waals surface area contributed by atoms with Crippen LogP contribution in [0, 0.1) is 0 Å². The number of nitrogens with zero attached hydrogens (tertiary/aromatic N) is 1. The Hall–Kier alpha value is -2.82. The number of benzene rings is 1. The highest BCUT2D eigenvalue weighted by atomic mass is 16.3. The molecule has 3 aromatic rings. The van der Waals surface area contributed by atoms with E-state index in [1.54, 1.807) is 18.3 Å². The van der Waals surface area contributed by atoms with Gasteiger partial charge in [-0.15, -0.1) is 0 Å². The van der Waals surface area contributed by atoms with E-state index in [9.17, 15) is 4.79 Å². The number of fused-ring (bicyclic) bond motifs is 1. The molecule has 0 aliphatic carbocycles. The van der Waals surface area contributed by atoms with Gasteiger partial charge >= 0.3 is 0 Å². The van der Waals surface area contributed by atoms with Crippen molar-refractivity contribution in [1.82, 2.24) is 10.3 Å². The molecular weight excluding hydrogens is 302 g/mol. The summed E-state index contributed by atoms with van der Waals surface area (Å²) in [5.41, 5.74) is 7.94. The molecule has 0 aliphatic heterocycles. The zero-order chi connectivity index (χ0) is 16.9. The average molecular weight is 323 g/mol. The molecule has 0 spiro atoms. The lowest BCUT2D eigenvalue weighted by Crippen LogP contribution is -2.24. The van der Waals surface area contributed by atoms with Gasteiger partial charge in [0.1, 0.15) is 17.2 Å². The fourth-order valence-electron chi connectivity index (χ4n) is 2.60. The highest BCUT2D eigenvalue weighted by Gasteiger charge is 2.10. The molecule has 0 saturated carbocycles. The van der Waals surface area contributed by atoms with Crippen molar-refractivity contribution < 1.29 is 9.21 Å². The van der Waals surface area contributed by atoms with Crippen LogP contribution in [0.1, 0.15) is 41.4 Å². The van der Waals surface area contributed by atoms with Gasteiger partial charge in [-0.1, -0.05) is 25.5 Å². The van der Waals surface area contributed by atoms with Gasteiger partial charge in [0.05, 0.1) is 5.56 Å². The zero-order valence-electron chi connectivity index (χ0n) is 13.7. The van der Waals surface area contributed by atoms with Gasteiger partial charge in [-0.05, 0) is 36.2 Å². The Morgan fingerprint density at radius 1 is 1.29 bits per heavy atom. The molecule has 24 heavy (non-hydrogen) atoms. The molecule has 124 valence electrons. The Morgan fingerprint density at radius 2 is 2.17 bits per heavy atom. The number of nitrogens with two attached hydrogens (primary N) is 1. The average Bonchev–Trinajstić information content (AvgIpc) is 3.00. The van der Waals surface area contributed by atoms with Gasteiger partial charge in [-0.2, -0.15) is 0 Å². The Morgan fingerprint density at radius 3 is 2.96 bits per heavy atom. The summed E-state index contributed by atoms with van der Waals surface area (Å²) in [6.45, 7) is 2.58. The number of hydrogen-bond donors (Lipinski definition) is 2. The van der Waals surface area contributed by atoms with E-state index < -0.39 is 0 Å². The molecule has 0 fully saturated rings. The van der Waals surface area contributed by atoms with Crippen LogP contribution in [0.2, 0.25) is 0 Å². The quantitative estimate of drug-likeness (QED) is 0.725. The van der Waals surface area contributed by atoms with E-state index >= 15 is 0 Å². The predicted molar refractivity (Wildman–Crippen MR) is 94.6 cm³/mol. The van der Waals surface area contributed by atoms with Crippen LogP contribution in [0.5, 0.6) is 0 Å². The summed E-state index contributed by atoms with van der Waals surface area (Å²) in [5, 5.41) is 3.95. The minimum atomic E-state index is -0.233. The SMILES string of the molecule is CCCCc1cc2ccc(CNC(=O)c3cccnc3N)cc2o1. The highest BCUT2D eigenvalue weighted by Crippen LogP contribution is 2.22. The molecule has 3 rings (SSSR count). The zero-order valence-corrected chi connectivity index (χ0v) is 13.7. The summed E-state index contributed by atoms with van der Waals surface area (Å²) >= 11 is 0. The van der Waals surface area contributed by atoms with Crippen LogP contribution in [0.4, 0.5) is 5.82 Å². The van der Waals surface area contributed by atoms with Crippen molar-refractivity contribution >= 4 is 22.7 Å². The molecule has 0 saturated heterocycles. The molecule has 5 heteroatoms. The summed E-state index contributed by atoms with van der Waals surface area (Å²) in [7, 11) is 0. The van der Waals surface area contributed by atoms with Crippen LogP contribution in [0.15, 0.2) is 47.0 Å². The van der Waals surface area contributed by atoms with Crippen molar-refractivity contribution in [2.45, 2.75) is 32.7 Å². The number of hydrogen-bond acceptors (Lipinski definition) is 4. The topological polar surface area (TPSA) is 81.2 Å². The molecule has 0 aliphatic rings. The minimum Gasteiger partial charge on any atom is -0.461 e. The first-order valence-corrected chi connectivity index (χ1v) is 8.17. The third-order valence-corrected chi connectivity index (χ3v) is 3.95. The number of nitrogens with one attached hydrogen (secondary N) is 1. The Kier molecular flexibility index (Phi) is 4.79. The summed E-state index contributed by atoms with van der Waals surface area (Å²) in [6.07, 6.45) is 4.78. The number of nitrogen functional groups attached to an aromatic ring is 1. The van der Waals surface area contributed by atoms with Gasteiger partial charge < -0.3 is 15.5 Å². The van der Waals surface area contributed by atoms with Crippen molar-refractivity contribution in [1.29, 1.82) is 0 Å². The van der Waals surface area contributed by atoms with Crippen molar-refractivity contribution in [2.75, 3.05) is 5.73 Å². The van der Waals surface area contributed by atoms with Gasteiger partial charge in [0.15, 0.2) is 0 Å². The van der Waals surface area contributed by atoms with E-state index in [0.717, 1.165) is 41.6 Å². The Labute approximate surface area is 140 Å². The molecule has 3 N–H and O–H groups in total. The molecule has 1 aromatic carbocycles. The van der Waals surface area contributed by atoms with Gasteiger partial charge in [0.2, 0.25) is 0 Å². The number of rotatable bonds is 6. The van der Waals surface area contributed by atoms with Crippen molar-refractivity contribution in [3.8, 4) is 0 Å². The summed E-state index contributed by atoms with van der Waals surface area (Å²) in [6, 6.07) is 11.4. The number of carbonyl (C=O) groups is 1. The number of furan rings is 1. The van der Waals surface area contributed by atoms with E-state index in [2.05, 4.69) is 23.3 Å². The van der Waals surface area contributed by atoms with E-state index in [1.165, 1.54) is 0 Å². The maximum atomic E-state index is 12.2. The highest BCUT2D eigenvalue weighted by molar-refractivity contribution is 5.98. The number of aromatic nitrogens is 1. The smallest absolute Gasteiger partial charge is 0.255 e. The van der Waals surface area contributed by atoms with Gasteiger partial charge in [-0.3, -0.25) is 4.79 Å². The van der Waals surface area contributed by atoms with Crippen molar-refractivity contribution in [3.63, 3.8) is 0 Å². The minimum absolute atomic E-state index is 0.233. The lowest BCUT2D eigenvalue weighted by molar-refractivity contribution is 0.0951. The lowest BCUT2D eigenvalue weighted by atomic mass is 10.1. The van der Waals surface area contributed by atoms with Crippen molar-refractivity contribution in [2.24, 2.45) is 0 Å². The first-order chi connectivity index (χ1) is 11.7. The second kappa shape index (κ2) is 7.17. The summed E-state index contributed by atoms with van der Waals surface area (Å²) in [4.78, 5) is 16.1. The van der Waals surface area contributed by atoms with Crippen molar-refractivity contribution in [3.05, 3.63) is 59.5 Å². The monoisotopic (exact) mass is 323 g/mol. The largest absolute Gasteiger partial charge is 0.461 e. The third-order valence-electron chi connectivity index (χ3n) is 3.95. The standard InChI is InChI=1S/C19H21N3O2/c1-2-3-5-15-11-14-8-7-13(10-17(14)24-15)12-22-19(23)16-6-4-9-21-18(16)20/h4,6-11H,2-3,5,12H2,1H3,(H2,20,21)(H,22,23). The first-order valence-electron chi connectivity index (χ1n) is 8.17. The molecule has 0 bridgehead atoms. The fraction of sp³-hybridized carbons (Fsp3) is 0.263. The van der Waals surface area contributed by atoms with Crippen LogP contribution >= 0.6 is 0 Å². The number of pyridine rings is 1. The molecule has 2 aromatic heterocycles. The lowest BCUT2D eigenvalue weighted by Gasteiger charge is -2.06. The number of amides is 1. The molecular formula is C19H21N3O2. The Bertz CT molecular complexity index is 855.